The van der Waals surface area contributed by atoms with Gasteiger partial charge in [0.15, 0.2) is 0 Å². The van der Waals surface area contributed by atoms with E-state index in [2.05, 4.69) is 41.0 Å². The molecule has 0 aliphatic carbocycles. The molecule has 2 rings (SSSR count). The first-order valence-electron chi connectivity index (χ1n) is 7.89. The number of hydrogen-bond acceptors (Lipinski definition) is 4. The molecule has 0 amide bonds. The van der Waals surface area contributed by atoms with Gasteiger partial charge in [-0.1, -0.05) is 32.4 Å². The smallest absolute Gasteiger partial charge is 0.137 e. The number of nitrogens with one attached hydrogen (secondary N) is 1. The lowest BCUT2D eigenvalue weighted by Gasteiger charge is -2.20. The van der Waals surface area contributed by atoms with Crippen LogP contribution in [-0.4, -0.2) is 41.0 Å². The highest BCUT2D eigenvalue weighted by Gasteiger charge is 2.20. The Kier molecular flexibility index (Phi) is 5.44. The van der Waals surface area contributed by atoms with Gasteiger partial charge >= 0.3 is 0 Å². The summed E-state index contributed by atoms with van der Waals surface area (Å²) in [5.41, 5.74) is 0.842. The molecule has 0 bridgehead atoms. The van der Waals surface area contributed by atoms with E-state index >= 15 is 0 Å². The largest absolute Gasteiger partial charge is 0.370 e. The number of hydrogen-bond donors (Lipinski definition) is 1. The minimum absolute atomic E-state index is 0.0939. The highest BCUT2D eigenvalue weighted by atomic mass is 35.5. The van der Waals surface area contributed by atoms with E-state index in [1.807, 2.05) is 6.92 Å². The van der Waals surface area contributed by atoms with E-state index in [-0.39, 0.29) is 5.41 Å². The molecule has 0 unspecified atom stereocenters. The second-order valence-corrected chi connectivity index (χ2v) is 7.25. The van der Waals surface area contributed by atoms with E-state index in [0.29, 0.717) is 5.15 Å². The van der Waals surface area contributed by atoms with Crippen LogP contribution in [0.5, 0.6) is 0 Å². The lowest BCUT2D eigenvalue weighted by Crippen LogP contribution is -2.23. The van der Waals surface area contributed by atoms with Gasteiger partial charge in [-0.15, -0.1) is 0 Å². The summed E-state index contributed by atoms with van der Waals surface area (Å²) in [6, 6.07) is 0. The molecule has 0 radical (unpaired) electrons. The molecule has 1 N–H and O–H groups in total. The van der Waals surface area contributed by atoms with Crippen molar-refractivity contribution in [1.29, 1.82) is 0 Å². The molecule has 118 valence electrons. The molecule has 1 saturated heterocycles. The number of aromatic nitrogens is 2. The van der Waals surface area contributed by atoms with E-state index in [0.717, 1.165) is 36.7 Å². The molecule has 0 saturated carbocycles. The lowest BCUT2D eigenvalue weighted by atomic mass is 9.95. The Balaban J connectivity index is 1.93. The summed E-state index contributed by atoms with van der Waals surface area (Å²) in [6.07, 6.45) is 3.83. The van der Waals surface area contributed by atoms with Crippen LogP contribution in [-0.2, 0) is 5.41 Å². The van der Waals surface area contributed by atoms with Crippen molar-refractivity contribution in [3.05, 3.63) is 16.5 Å². The maximum absolute atomic E-state index is 6.24. The van der Waals surface area contributed by atoms with Crippen LogP contribution in [0, 0.1) is 6.92 Å². The van der Waals surface area contributed by atoms with E-state index in [1.54, 1.807) is 0 Å². The zero-order valence-electron chi connectivity index (χ0n) is 13.7. The third-order valence-corrected chi connectivity index (χ3v) is 4.27. The van der Waals surface area contributed by atoms with Gasteiger partial charge in [0.1, 0.15) is 16.8 Å². The van der Waals surface area contributed by atoms with Crippen LogP contribution >= 0.6 is 11.6 Å². The molecular formula is C16H27ClN4. The summed E-state index contributed by atoms with van der Waals surface area (Å²) in [4.78, 5) is 11.6. The van der Waals surface area contributed by atoms with Crippen molar-refractivity contribution in [2.24, 2.45) is 0 Å². The van der Waals surface area contributed by atoms with Crippen molar-refractivity contribution < 1.29 is 0 Å². The number of halogens is 1. The standard InChI is InChI=1S/C16H27ClN4/c1-12-13(17)19-15(16(2,3)4)20-14(12)18-8-7-11-21-9-5-6-10-21/h5-11H2,1-4H3,(H,18,19,20). The first-order valence-corrected chi connectivity index (χ1v) is 8.26. The topological polar surface area (TPSA) is 41.1 Å². The zero-order valence-corrected chi connectivity index (χ0v) is 14.4. The minimum atomic E-state index is -0.0939. The predicted octanol–water partition coefficient (Wildman–Crippen LogP) is 3.63. The highest BCUT2D eigenvalue weighted by Crippen LogP contribution is 2.26. The average molecular weight is 311 g/mol. The van der Waals surface area contributed by atoms with Crippen molar-refractivity contribution in [2.45, 2.75) is 52.4 Å². The van der Waals surface area contributed by atoms with Gasteiger partial charge in [0, 0.05) is 17.5 Å². The molecular weight excluding hydrogens is 284 g/mol. The molecule has 5 heteroatoms. The van der Waals surface area contributed by atoms with Crippen LogP contribution < -0.4 is 5.32 Å². The van der Waals surface area contributed by atoms with E-state index in [4.69, 9.17) is 11.6 Å². The molecule has 4 nitrogen and oxygen atoms in total. The van der Waals surface area contributed by atoms with E-state index in [1.165, 1.54) is 25.9 Å². The van der Waals surface area contributed by atoms with Gasteiger partial charge in [0.05, 0.1) is 0 Å². The maximum Gasteiger partial charge on any atom is 0.137 e. The fraction of sp³-hybridized carbons (Fsp3) is 0.750. The van der Waals surface area contributed by atoms with Gasteiger partial charge in [0.2, 0.25) is 0 Å². The fourth-order valence-corrected chi connectivity index (χ4v) is 2.68. The molecule has 1 aromatic heterocycles. The van der Waals surface area contributed by atoms with Crippen molar-refractivity contribution in [3.63, 3.8) is 0 Å². The quantitative estimate of drug-likeness (QED) is 0.666. The predicted molar refractivity (Wildman–Crippen MR) is 89.3 cm³/mol. The molecule has 0 aromatic carbocycles. The van der Waals surface area contributed by atoms with Gasteiger partial charge in [-0.25, -0.2) is 9.97 Å². The summed E-state index contributed by atoms with van der Waals surface area (Å²) in [7, 11) is 0. The van der Waals surface area contributed by atoms with Gasteiger partial charge in [0.25, 0.3) is 0 Å². The Morgan fingerprint density at radius 2 is 1.86 bits per heavy atom. The maximum atomic E-state index is 6.24. The second-order valence-electron chi connectivity index (χ2n) is 6.89. The summed E-state index contributed by atoms with van der Waals surface area (Å²) >= 11 is 6.24. The average Bonchev–Trinajstić information content (AvgIpc) is 2.91. The van der Waals surface area contributed by atoms with Gasteiger partial charge in [-0.05, 0) is 45.8 Å². The second kappa shape index (κ2) is 6.93. The summed E-state index contributed by atoms with van der Waals surface area (Å²) in [5, 5.41) is 3.98. The molecule has 0 atom stereocenters. The van der Waals surface area contributed by atoms with Crippen LogP contribution in [0.25, 0.3) is 0 Å². The fourth-order valence-electron chi connectivity index (χ4n) is 2.51. The highest BCUT2D eigenvalue weighted by molar-refractivity contribution is 6.30. The van der Waals surface area contributed by atoms with Crippen LogP contribution in [0.1, 0.15) is 51.4 Å². The molecule has 21 heavy (non-hydrogen) atoms. The number of anilines is 1. The number of rotatable bonds is 5. The molecule has 1 aliphatic heterocycles. The monoisotopic (exact) mass is 310 g/mol. The van der Waals surface area contributed by atoms with E-state index < -0.39 is 0 Å². The Morgan fingerprint density at radius 1 is 1.19 bits per heavy atom. The Morgan fingerprint density at radius 3 is 2.48 bits per heavy atom. The van der Waals surface area contributed by atoms with E-state index in [9.17, 15) is 0 Å². The van der Waals surface area contributed by atoms with Crippen LogP contribution in [0.4, 0.5) is 5.82 Å². The van der Waals surface area contributed by atoms with Gasteiger partial charge in [-0.3, -0.25) is 0 Å². The third kappa shape index (κ3) is 4.55. The van der Waals surface area contributed by atoms with Crippen molar-refractivity contribution in [3.8, 4) is 0 Å². The van der Waals surface area contributed by atoms with Crippen LogP contribution in [0.15, 0.2) is 0 Å². The third-order valence-electron chi connectivity index (χ3n) is 3.90. The van der Waals surface area contributed by atoms with Crippen molar-refractivity contribution in [2.75, 3.05) is 31.5 Å². The number of likely N-dealkylation sites (tertiary alicyclic amines) is 1. The zero-order chi connectivity index (χ0) is 15.5. The SMILES string of the molecule is Cc1c(Cl)nc(C(C)(C)C)nc1NCCCN1CCCC1. The number of nitrogens with zero attached hydrogens (tertiary/aromatic N) is 3. The normalized spacial score (nSPS) is 16.4. The molecule has 1 aromatic rings. The van der Waals surface area contributed by atoms with Gasteiger partial charge in [-0.2, -0.15) is 0 Å². The van der Waals surface area contributed by atoms with Crippen molar-refractivity contribution >= 4 is 17.4 Å². The summed E-state index contributed by atoms with van der Waals surface area (Å²) < 4.78 is 0. The Labute approximate surface area is 133 Å². The molecule has 1 aliphatic rings. The van der Waals surface area contributed by atoms with Crippen LogP contribution in [0.2, 0.25) is 5.15 Å². The molecule has 2 heterocycles. The first-order chi connectivity index (χ1) is 9.88. The Hall–Kier alpha value is -0.870. The molecule has 0 spiro atoms. The molecule has 1 fully saturated rings. The summed E-state index contributed by atoms with van der Waals surface area (Å²) in [5.74, 6) is 1.67. The summed E-state index contributed by atoms with van der Waals surface area (Å²) in [6.45, 7) is 12.9. The Bertz CT molecular complexity index is 476. The van der Waals surface area contributed by atoms with Crippen LogP contribution in [0.3, 0.4) is 0 Å². The van der Waals surface area contributed by atoms with Gasteiger partial charge < -0.3 is 10.2 Å². The first kappa shape index (κ1) is 16.5. The van der Waals surface area contributed by atoms with Crippen molar-refractivity contribution in [1.82, 2.24) is 14.9 Å². The lowest BCUT2D eigenvalue weighted by molar-refractivity contribution is 0.337. The minimum Gasteiger partial charge on any atom is -0.370 e.